The molecule has 0 atom stereocenters. The average Bonchev–Trinajstić information content (AvgIpc) is 2.50. The molecule has 0 radical (unpaired) electrons. The molecule has 0 fully saturated rings. The Morgan fingerprint density at radius 2 is 1.67 bits per heavy atom. The predicted molar refractivity (Wildman–Crippen MR) is 79.1 cm³/mol. The molecule has 21 heavy (non-hydrogen) atoms. The monoisotopic (exact) mass is 295 g/mol. The zero-order valence-corrected chi connectivity index (χ0v) is 12.0. The lowest BCUT2D eigenvalue weighted by Gasteiger charge is -2.09. The van der Waals surface area contributed by atoms with E-state index in [0.717, 1.165) is 6.08 Å². The summed E-state index contributed by atoms with van der Waals surface area (Å²) in [6, 6.07) is 7.30. The van der Waals surface area contributed by atoms with Gasteiger partial charge in [-0.3, -0.25) is 0 Å². The van der Waals surface area contributed by atoms with Crippen molar-refractivity contribution >= 4 is 11.7 Å². The molecule has 0 amide bonds. The number of hydrogen-bond acceptors (Lipinski definition) is 6. The zero-order valence-electron chi connectivity index (χ0n) is 12.0. The maximum absolute atomic E-state index is 10.7. The summed E-state index contributed by atoms with van der Waals surface area (Å²) in [5.41, 5.74) is 6.34. The van der Waals surface area contributed by atoms with Crippen LogP contribution in [0.5, 0.6) is 5.75 Å². The standard InChI is InChI=1S/C15H21NO5/c1-2-15(17)21-12-10-19-8-7-18-9-11-20-14-6-4-3-5-13(14)16/h2-6H,1,7-12,16H2. The van der Waals surface area contributed by atoms with Gasteiger partial charge in [-0.25, -0.2) is 4.79 Å². The van der Waals surface area contributed by atoms with Crippen LogP contribution in [0, 0.1) is 0 Å². The predicted octanol–water partition coefficient (Wildman–Crippen LogP) is 1.41. The average molecular weight is 295 g/mol. The summed E-state index contributed by atoms with van der Waals surface area (Å²) in [6.45, 7) is 5.58. The normalized spacial score (nSPS) is 10.1. The maximum Gasteiger partial charge on any atom is 0.330 e. The Kier molecular flexibility index (Phi) is 8.67. The molecule has 0 spiro atoms. The Labute approximate surface area is 124 Å². The van der Waals surface area contributed by atoms with Crippen LogP contribution < -0.4 is 10.5 Å². The number of benzene rings is 1. The summed E-state index contributed by atoms with van der Waals surface area (Å²) in [6.07, 6.45) is 1.11. The first kappa shape index (κ1) is 17.0. The maximum atomic E-state index is 10.7. The first-order chi connectivity index (χ1) is 10.2. The molecule has 0 aliphatic heterocycles. The third-order valence-corrected chi connectivity index (χ3v) is 2.41. The molecular weight excluding hydrogens is 274 g/mol. The third-order valence-electron chi connectivity index (χ3n) is 2.41. The van der Waals surface area contributed by atoms with Gasteiger partial charge in [0.2, 0.25) is 0 Å². The van der Waals surface area contributed by atoms with Gasteiger partial charge in [0, 0.05) is 6.08 Å². The van der Waals surface area contributed by atoms with Gasteiger partial charge in [0.25, 0.3) is 0 Å². The number of nitrogens with two attached hydrogens (primary N) is 1. The Balaban J connectivity index is 1.90. The Hall–Kier alpha value is -2.05. The van der Waals surface area contributed by atoms with Crippen LogP contribution in [0.2, 0.25) is 0 Å². The molecule has 116 valence electrons. The summed E-state index contributed by atoms with van der Waals surface area (Å²) in [4.78, 5) is 10.7. The fourth-order valence-electron chi connectivity index (χ4n) is 1.40. The lowest BCUT2D eigenvalue weighted by molar-refractivity contribution is -0.139. The van der Waals surface area contributed by atoms with Gasteiger partial charge in [0.15, 0.2) is 0 Å². The van der Waals surface area contributed by atoms with E-state index in [1.54, 1.807) is 6.07 Å². The van der Waals surface area contributed by atoms with Crippen LogP contribution in [0.25, 0.3) is 0 Å². The van der Waals surface area contributed by atoms with Crippen LogP contribution in [0.1, 0.15) is 0 Å². The van der Waals surface area contributed by atoms with Crippen LogP contribution in [0.3, 0.4) is 0 Å². The second-order valence-corrected chi connectivity index (χ2v) is 3.98. The molecule has 6 heteroatoms. The highest BCUT2D eigenvalue weighted by atomic mass is 16.6. The molecule has 0 aromatic heterocycles. The minimum atomic E-state index is -0.452. The van der Waals surface area contributed by atoms with Crippen LogP contribution in [0.4, 0.5) is 5.69 Å². The van der Waals surface area contributed by atoms with Gasteiger partial charge in [0.1, 0.15) is 19.0 Å². The van der Waals surface area contributed by atoms with Gasteiger partial charge in [0.05, 0.1) is 32.1 Å². The quantitative estimate of drug-likeness (QED) is 0.288. The molecule has 1 rings (SSSR count). The Morgan fingerprint density at radius 1 is 1.05 bits per heavy atom. The lowest BCUT2D eigenvalue weighted by Crippen LogP contribution is -2.13. The summed E-state index contributed by atoms with van der Waals surface area (Å²) in [7, 11) is 0. The van der Waals surface area contributed by atoms with E-state index in [1.165, 1.54) is 0 Å². The zero-order chi connectivity index (χ0) is 15.3. The second-order valence-electron chi connectivity index (χ2n) is 3.98. The van der Waals surface area contributed by atoms with Crippen molar-refractivity contribution in [1.29, 1.82) is 0 Å². The van der Waals surface area contributed by atoms with Gasteiger partial charge >= 0.3 is 5.97 Å². The molecule has 2 N–H and O–H groups in total. The molecule has 0 heterocycles. The number of anilines is 1. The Morgan fingerprint density at radius 3 is 2.33 bits per heavy atom. The van der Waals surface area contributed by atoms with Crippen molar-refractivity contribution in [2.45, 2.75) is 0 Å². The molecule has 1 aromatic carbocycles. The van der Waals surface area contributed by atoms with Crippen molar-refractivity contribution in [2.24, 2.45) is 0 Å². The number of nitrogen functional groups attached to an aromatic ring is 1. The van der Waals surface area contributed by atoms with E-state index in [4.69, 9.17) is 24.7 Å². The molecule has 0 aliphatic rings. The van der Waals surface area contributed by atoms with E-state index in [2.05, 4.69) is 6.58 Å². The Bertz CT molecular complexity index is 436. The summed E-state index contributed by atoms with van der Waals surface area (Å²) in [5, 5.41) is 0. The first-order valence-electron chi connectivity index (χ1n) is 6.66. The van der Waals surface area contributed by atoms with E-state index in [9.17, 15) is 4.79 Å². The first-order valence-corrected chi connectivity index (χ1v) is 6.66. The second kappa shape index (κ2) is 10.7. The number of ether oxygens (including phenoxy) is 4. The largest absolute Gasteiger partial charge is 0.489 e. The number of hydrogen-bond donors (Lipinski definition) is 1. The highest BCUT2D eigenvalue weighted by molar-refractivity contribution is 5.81. The molecule has 0 bridgehead atoms. The molecule has 0 aliphatic carbocycles. The number of esters is 1. The number of para-hydroxylation sites is 2. The topological polar surface area (TPSA) is 80.0 Å². The van der Waals surface area contributed by atoms with Gasteiger partial charge in [-0.05, 0) is 12.1 Å². The molecule has 0 unspecified atom stereocenters. The van der Waals surface area contributed by atoms with Crippen molar-refractivity contribution in [3.63, 3.8) is 0 Å². The SMILES string of the molecule is C=CC(=O)OCCOCCOCCOc1ccccc1N. The van der Waals surface area contributed by atoms with E-state index < -0.39 is 5.97 Å². The van der Waals surface area contributed by atoms with Crippen LogP contribution in [0.15, 0.2) is 36.9 Å². The highest BCUT2D eigenvalue weighted by Gasteiger charge is 1.98. The van der Waals surface area contributed by atoms with Gasteiger partial charge in [-0.2, -0.15) is 0 Å². The number of rotatable bonds is 11. The summed E-state index contributed by atoms with van der Waals surface area (Å²) in [5.74, 6) is 0.202. The third kappa shape index (κ3) is 7.96. The summed E-state index contributed by atoms with van der Waals surface area (Å²) < 4.78 is 20.7. The van der Waals surface area contributed by atoms with E-state index in [-0.39, 0.29) is 6.61 Å². The minimum Gasteiger partial charge on any atom is -0.489 e. The number of carbonyl (C=O) groups is 1. The van der Waals surface area contributed by atoms with Crippen molar-refractivity contribution in [3.8, 4) is 5.75 Å². The van der Waals surface area contributed by atoms with Crippen LogP contribution >= 0.6 is 0 Å². The number of carbonyl (C=O) groups excluding carboxylic acids is 1. The fraction of sp³-hybridized carbons (Fsp3) is 0.400. The van der Waals surface area contributed by atoms with Crippen LogP contribution in [-0.4, -0.2) is 45.6 Å². The van der Waals surface area contributed by atoms with Gasteiger partial charge in [-0.15, -0.1) is 0 Å². The van der Waals surface area contributed by atoms with Gasteiger partial charge < -0.3 is 24.7 Å². The highest BCUT2D eigenvalue weighted by Crippen LogP contribution is 2.19. The van der Waals surface area contributed by atoms with Crippen molar-refractivity contribution in [3.05, 3.63) is 36.9 Å². The van der Waals surface area contributed by atoms with E-state index in [1.807, 2.05) is 18.2 Å². The van der Waals surface area contributed by atoms with Crippen molar-refractivity contribution in [1.82, 2.24) is 0 Å². The molecule has 0 saturated heterocycles. The molecule has 6 nitrogen and oxygen atoms in total. The molecular formula is C15H21NO5. The smallest absolute Gasteiger partial charge is 0.330 e. The fourth-order valence-corrected chi connectivity index (χ4v) is 1.40. The molecule has 0 saturated carbocycles. The van der Waals surface area contributed by atoms with Gasteiger partial charge in [-0.1, -0.05) is 18.7 Å². The van der Waals surface area contributed by atoms with E-state index >= 15 is 0 Å². The lowest BCUT2D eigenvalue weighted by atomic mass is 10.3. The van der Waals surface area contributed by atoms with E-state index in [0.29, 0.717) is 44.5 Å². The molecule has 1 aromatic rings. The summed E-state index contributed by atoms with van der Waals surface area (Å²) >= 11 is 0. The van der Waals surface area contributed by atoms with Crippen molar-refractivity contribution < 1.29 is 23.7 Å². The minimum absolute atomic E-state index is 0.210. The van der Waals surface area contributed by atoms with Crippen LogP contribution in [-0.2, 0) is 19.0 Å². The van der Waals surface area contributed by atoms with Crippen molar-refractivity contribution in [2.75, 3.05) is 45.4 Å².